The second-order valence-electron chi connectivity index (χ2n) is 3.95. The third-order valence-electron chi connectivity index (χ3n) is 3.04. The van der Waals surface area contributed by atoms with Gasteiger partial charge in [-0.3, -0.25) is 0 Å². The predicted molar refractivity (Wildman–Crippen MR) is 52.6 cm³/mol. The number of benzene rings is 1. The Morgan fingerprint density at radius 2 is 2.00 bits per heavy atom. The maximum absolute atomic E-state index is 13.4. The van der Waals surface area contributed by atoms with Crippen molar-refractivity contribution in [3.63, 3.8) is 0 Å². The van der Waals surface area contributed by atoms with Crippen molar-refractivity contribution in [2.24, 2.45) is 5.73 Å². The molecule has 2 nitrogen and oxygen atoms in total. The van der Waals surface area contributed by atoms with Crippen LogP contribution in [-0.2, 0) is 5.54 Å². The Bertz CT molecular complexity index is 388. The predicted octanol–water partition coefficient (Wildman–Crippen LogP) is 2.31. The number of methoxy groups -OCH3 is 1. The molecule has 0 spiro atoms. The molecule has 0 unspecified atom stereocenters. The Morgan fingerprint density at radius 3 is 2.47 bits per heavy atom. The van der Waals surface area contributed by atoms with E-state index in [0.717, 1.165) is 25.3 Å². The smallest absolute Gasteiger partial charge is 0.200 e. The summed E-state index contributed by atoms with van der Waals surface area (Å²) in [6.45, 7) is 0. The van der Waals surface area contributed by atoms with Crippen LogP contribution >= 0.6 is 0 Å². The molecule has 82 valence electrons. The molecule has 0 amide bonds. The van der Waals surface area contributed by atoms with Gasteiger partial charge in [-0.1, -0.05) is 6.07 Å². The van der Waals surface area contributed by atoms with Gasteiger partial charge in [-0.2, -0.15) is 4.39 Å². The molecule has 0 saturated heterocycles. The van der Waals surface area contributed by atoms with E-state index < -0.39 is 17.2 Å². The van der Waals surface area contributed by atoms with Crippen LogP contribution in [0.1, 0.15) is 24.8 Å². The van der Waals surface area contributed by atoms with E-state index in [1.807, 2.05) is 0 Å². The first kappa shape index (κ1) is 10.4. The lowest BCUT2D eigenvalue weighted by Crippen LogP contribution is -2.43. The zero-order chi connectivity index (χ0) is 11.1. The second kappa shape index (κ2) is 3.45. The quantitative estimate of drug-likeness (QED) is 0.818. The number of hydrogen-bond donors (Lipinski definition) is 1. The van der Waals surface area contributed by atoms with Crippen LogP contribution in [0.15, 0.2) is 12.1 Å². The third-order valence-corrected chi connectivity index (χ3v) is 3.04. The Labute approximate surface area is 87.0 Å². The summed E-state index contributed by atoms with van der Waals surface area (Å²) in [6.07, 6.45) is 2.58. The van der Waals surface area contributed by atoms with Gasteiger partial charge in [0, 0.05) is 11.1 Å². The molecule has 2 N–H and O–H groups in total. The van der Waals surface area contributed by atoms with Crippen LogP contribution in [0.4, 0.5) is 8.78 Å². The summed E-state index contributed by atoms with van der Waals surface area (Å²) >= 11 is 0. The van der Waals surface area contributed by atoms with Gasteiger partial charge < -0.3 is 10.5 Å². The van der Waals surface area contributed by atoms with Crippen molar-refractivity contribution >= 4 is 0 Å². The molecule has 1 fully saturated rings. The SMILES string of the molecule is COc1c(C2(N)CCC2)ccc(F)c1F. The lowest BCUT2D eigenvalue weighted by molar-refractivity contribution is 0.239. The lowest BCUT2D eigenvalue weighted by Gasteiger charge is -2.39. The molecule has 0 heterocycles. The maximum atomic E-state index is 13.4. The average Bonchev–Trinajstić information content (AvgIpc) is 2.18. The van der Waals surface area contributed by atoms with Gasteiger partial charge in [-0.25, -0.2) is 4.39 Å². The van der Waals surface area contributed by atoms with Crippen molar-refractivity contribution in [2.45, 2.75) is 24.8 Å². The van der Waals surface area contributed by atoms with Gasteiger partial charge in [0.2, 0.25) is 5.82 Å². The molecule has 0 radical (unpaired) electrons. The van der Waals surface area contributed by atoms with E-state index in [9.17, 15) is 8.78 Å². The molecule has 0 aliphatic heterocycles. The highest BCUT2D eigenvalue weighted by molar-refractivity contribution is 5.42. The third kappa shape index (κ3) is 1.49. The molecule has 1 aliphatic carbocycles. The van der Waals surface area contributed by atoms with Gasteiger partial charge in [0.15, 0.2) is 11.6 Å². The number of rotatable bonds is 2. The molecule has 0 bridgehead atoms. The number of ether oxygens (including phenoxy) is 1. The van der Waals surface area contributed by atoms with Gasteiger partial charge >= 0.3 is 0 Å². The van der Waals surface area contributed by atoms with Crippen molar-refractivity contribution < 1.29 is 13.5 Å². The Morgan fingerprint density at radius 1 is 1.33 bits per heavy atom. The zero-order valence-corrected chi connectivity index (χ0v) is 8.52. The minimum atomic E-state index is -0.952. The first-order valence-electron chi connectivity index (χ1n) is 4.90. The van der Waals surface area contributed by atoms with Crippen LogP contribution in [0.2, 0.25) is 0 Å². The molecule has 2 rings (SSSR count). The number of halogens is 2. The fourth-order valence-corrected chi connectivity index (χ4v) is 1.95. The molecule has 0 aromatic heterocycles. The van der Waals surface area contributed by atoms with Crippen LogP contribution < -0.4 is 10.5 Å². The summed E-state index contributed by atoms with van der Waals surface area (Å²) in [7, 11) is 1.32. The summed E-state index contributed by atoms with van der Waals surface area (Å²) < 4.78 is 31.2. The van der Waals surface area contributed by atoms with E-state index in [1.165, 1.54) is 13.2 Å². The van der Waals surface area contributed by atoms with Gasteiger partial charge in [-0.15, -0.1) is 0 Å². The monoisotopic (exact) mass is 213 g/mol. The molecule has 1 saturated carbocycles. The summed E-state index contributed by atoms with van der Waals surface area (Å²) in [4.78, 5) is 0. The van der Waals surface area contributed by atoms with E-state index in [0.29, 0.717) is 5.56 Å². The van der Waals surface area contributed by atoms with Crippen LogP contribution in [-0.4, -0.2) is 7.11 Å². The fraction of sp³-hybridized carbons (Fsp3) is 0.455. The minimum Gasteiger partial charge on any atom is -0.493 e. The molecular formula is C11H13F2NO. The molecule has 4 heteroatoms. The first-order chi connectivity index (χ1) is 7.08. The van der Waals surface area contributed by atoms with E-state index in [1.54, 1.807) is 0 Å². The van der Waals surface area contributed by atoms with Crippen molar-refractivity contribution in [3.05, 3.63) is 29.3 Å². The fourth-order valence-electron chi connectivity index (χ4n) is 1.95. The summed E-state index contributed by atoms with van der Waals surface area (Å²) in [6, 6.07) is 2.61. The average molecular weight is 213 g/mol. The van der Waals surface area contributed by atoms with Crippen LogP contribution in [0.3, 0.4) is 0 Å². The van der Waals surface area contributed by atoms with E-state index in [4.69, 9.17) is 10.5 Å². The summed E-state index contributed by atoms with van der Waals surface area (Å²) in [5, 5.41) is 0. The molecule has 0 atom stereocenters. The summed E-state index contributed by atoms with van der Waals surface area (Å²) in [5.74, 6) is -1.91. The maximum Gasteiger partial charge on any atom is 0.200 e. The van der Waals surface area contributed by atoms with E-state index >= 15 is 0 Å². The topological polar surface area (TPSA) is 35.2 Å². The van der Waals surface area contributed by atoms with Crippen molar-refractivity contribution in [1.29, 1.82) is 0 Å². The molecule has 1 aromatic carbocycles. The van der Waals surface area contributed by atoms with Crippen LogP contribution in [0, 0.1) is 11.6 Å². The highest BCUT2D eigenvalue weighted by Gasteiger charge is 2.38. The van der Waals surface area contributed by atoms with Crippen LogP contribution in [0.5, 0.6) is 5.75 Å². The Balaban J connectivity index is 2.52. The van der Waals surface area contributed by atoms with Crippen LogP contribution in [0.25, 0.3) is 0 Å². The standard InChI is InChI=1S/C11H13F2NO/c1-15-10-7(11(14)5-2-6-11)3-4-8(12)9(10)13/h3-4H,2,5-6,14H2,1H3. The van der Waals surface area contributed by atoms with Gasteiger partial charge in [0.05, 0.1) is 7.11 Å². The molecule has 1 aromatic rings. The highest BCUT2D eigenvalue weighted by Crippen LogP contribution is 2.43. The Hall–Kier alpha value is -1.16. The van der Waals surface area contributed by atoms with Crippen molar-refractivity contribution in [3.8, 4) is 5.75 Å². The second-order valence-corrected chi connectivity index (χ2v) is 3.95. The molecular weight excluding hydrogens is 200 g/mol. The first-order valence-corrected chi connectivity index (χ1v) is 4.90. The lowest BCUT2D eigenvalue weighted by atomic mass is 9.72. The van der Waals surface area contributed by atoms with Gasteiger partial charge in [0.1, 0.15) is 0 Å². The van der Waals surface area contributed by atoms with Crippen molar-refractivity contribution in [2.75, 3.05) is 7.11 Å². The minimum absolute atomic E-state index is 0.0581. The van der Waals surface area contributed by atoms with Gasteiger partial charge in [-0.05, 0) is 25.3 Å². The Kier molecular flexibility index (Phi) is 2.38. The highest BCUT2D eigenvalue weighted by atomic mass is 19.2. The summed E-state index contributed by atoms with van der Waals surface area (Å²) in [5.41, 5.74) is 6.07. The largest absolute Gasteiger partial charge is 0.493 e. The molecule has 15 heavy (non-hydrogen) atoms. The number of hydrogen-bond acceptors (Lipinski definition) is 2. The van der Waals surface area contributed by atoms with E-state index in [2.05, 4.69) is 0 Å². The normalized spacial score (nSPS) is 18.4. The van der Waals surface area contributed by atoms with Gasteiger partial charge in [0.25, 0.3) is 0 Å². The van der Waals surface area contributed by atoms with E-state index in [-0.39, 0.29) is 5.75 Å². The molecule has 1 aliphatic rings. The number of nitrogens with two attached hydrogens (primary N) is 1. The zero-order valence-electron chi connectivity index (χ0n) is 8.52. The van der Waals surface area contributed by atoms with Crippen molar-refractivity contribution in [1.82, 2.24) is 0 Å².